The molecular weight excluding hydrogens is 122 g/mol. The summed E-state index contributed by atoms with van der Waals surface area (Å²) in [5, 5.41) is 14.7. The van der Waals surface area contributed by atoms with Crippen molar-refractivity contribution in [2.45, 2.75) is 6.42 Å². The normalized spacial score (nSPS) is 12.0. The monoisotopic (exact) mass is 129 g/mol. The number of rotatable bonds is 4. The van der Waals surface area contributed by atoms with Crippen LogP contribution in [0.2, 0.25) is 0 Å². The quantitative estimate of drug-likeness (QED) is 0.316. The molecule has 4 nitrogen and oxygen atoms in total. The van der Waals surface area contributed by atoms with Crippen LogP contribution in [0.15, 0.2) is 0 Å². The molecule has 9 heavy (non-hydrogen) atoms. The van der Waals surface area contributed by atoms with Crippen LogP contribution in [0.3, 0.4) is 0 Å². The van der Waals surface area contributed by atoms with E-state index >= 15 is 0 Å². The first-order valence-electron chi connectivity index (χ1n) is 2.39. The second-order valence-electron chi connectivity index (χ2n) is 1.52. The van der Waals surface area contributed by atoms with E-state index in [1.807, 2.05) is 0 Å². The Morgan fingerprint density at radius 2 is 2.33 bits per heavy atom. The Bertz CT molecular complexity index is 132. The van der Waals surface area contributed by atoms with Crippen LogP contribution in [0, 0.1) is 11.3 Å². The predicted molar refractivity (Wildman–Crippen MR) is 30.6 cm³/mol. The molecule has 0 aromatic carbocycles. The van der Waals surface area contributed by atoms with Gasteiger partial charge in [-0.2, -0.15) is 0 Å². The van der Waals surface area contributed by atoms with Crippen LogP contribution in [-0.4, -0.2) is 23.6 Å². The van der Waals surface area contributed by atoms with Crippen LogP contribution in [0.4, 0.5) is 0 Å². The van der Waals surface area contributed by atoms with E-state index in [9.17, 15) is 9.59 Å². The highest BCUT2D eigenvalue weighted by Crippen LogP contribution is 1.94. The van der Waals surface area contributed by atoms with E-state index in [2.05, 4.69) is 0 Å². The van der Waals surface area contributed by atoms with Gasteiger partial charge in [0.15, 0.2) is 0 Å². The topological polar surface area (TPSA) is 78.2 Å². The third-order valence-electron chi connectivity index (χ3n) is 0.853. The lowest BCUT2D eigenvalue weighted by Gasteiger charge is -1.95. The average molecular weight is 129 g/mol. The van der Waals surface area contributed by atoms with E-state index in [1.165, 1.54) is 0 Å². The molecule has 1 atom stereocenters. The van der Waals surface area contributed by atoms with Gasteiger partial charge in [0.1, 0.15) is 12.2 Å². The second kappa shape index (κ2) is 3.77. The maximum atomic E-state index is 9.99. The van der Waals surface area contributed by atoms with Crippen molar-refractivity contribution in [2.75, 3.05) is 0 Å². The highest BCUT2D eigenvalue weighted by molar-refractivity contribution is 5.88. The number of carboxylic acids is 1. The summed E-state index contributed by atoms with van der Waals surface area (Å²) in [6.07, 6.45) is 1.22. The summed E-state index contributed by atoms with van der Waals surface area (Å²) in [6.45, 7) is 0. The van der Waals surface area contributed by atoms with Gasteiger partial charge < -0.3 is 15.3 Å². The zero-order valence-corrected chi connectivity index (χ0v) is 4.70. The molecule has 1 unspecified atom stereocenters. The molecule has 0 radical (unpaired) electrons. The van der Waals surface area contributed by atoms with Crippen molar-refractivity contribution in [3.63, 3.8) is 0 Å². The number of aldehydes is 1. The largest absolute Gasteiger partial charge is 0.481 e. The van der Waals surface area contributed by atoms with Crippen molar-refractivity contribution < 1.29 is 14.7 Å². The first-order valence-corrected chi connectivity index (χ1v) is 2.39. The predicted octanol–water partition coefficient (Wildman–Crippen LogP) is -0.0742. The molecule has 0 spiro atoms. The molecule has 0 saturated carbocycles. The van der Waals surface area contributed by atoms with E-state index in [-0.39, 0.29) is 6.42 Å². The molecular formula is C5H7NO3. The van der Waals surface area contributed by atoms with E-state index in [0.717, 1.165) is 6.21 Å². The number of nitrogens with one attached hydrogen (secondary N) is 1. The van der Waals surface area contributed by atoms with E-state index in [0.29, 0.717) is 6.29 Å². The molecule has 4 heteroatoms. The fraction of sp³-hybridized carbons (Fsp3) is 0.400. The van der Waals surface area contributed by atoms with Crippen molar-refractivity contribution in [1.82, 2.24) is 0 Å². The molecule has 0 rings (SSSR count). The Morgan fingerprint density at radius 1 is 1.78 bits per heavy atom. The smallest absolute Gasteiger partial charge is 0.314 e. The lowest BCUT2D eigenvalue weighted by Crippen LogP contribution is -2.14. The molecule has 0 aliphatic heterocycles. The molecule has 0 aliphatic rings. The van der Waals surface area contributed by atoms with Crippen molar-refractivity contribution in [2.24, 2.45) is 5.92 Å². The summed E-state index contributed by atoms with van der Waals surface area (Å²) in [5.74, 6) is -2.21. The summed E-state index contributed by atoms with van der Waals surface area (Å²) in [5.41, 5.74) is 0. The van der Waals surface area contributed by atoms with Crippen molar-refractivity contribution in [3.8, 4) is 0 Å². The Kier molecular flexibility index (Phi) is 3.27. The van der Waals surface area contributed by atoms with Gasteiger partial charge in [-0.3, -0.25) is 4.79 Å². The summed E-state index contributed by atoms with van der Waals surface area (Å²) in [4.78, 5) is 19.8. The highest BCUT2D eigenvalue weighted by Gasteiger charge is 2.13. The zero-order valence-electron chi connectivity index (χ0n) is 4.70. The Labute approximate surface area is 52.0 Å². The number of carboxylic acid groups (broad SMARTS) is 1. The minimum atomic E-state index is -1.17. The molecule has 0 aliphatic carbocycles. The van der Waals surface area contributed by atoms with Gasteiger partial charge in [0, 0.05) is 6.42 Å². The fourth-order valence-electron chi connectivity index (χ4n) is 0.342. The summed E-state index contributed by atoms with van der Waals surface area (Å²) in [7, 11) is 0. The molecule has 2 N–H and O–H groups in total. The van der Waals surface area contributed by atoms with Crippen molar-refractivity contribution in [3.05, 3.63) is 0 Å². The second-order valence-corrected chi connectivity index (χ2v) is 1.52. The van der Waals surface area contributed by atoms with Gasteiger partial charge in [0.2, 0.25) is 0 Å². The van der Waals surface area contributed by atoms with Crippen molar-refractivity contribution in [1.29, 1.82) is 5.41 Å². The first kappa shape index (κ1) is 7.81. The van der Waals surface area contributed by atoms with E-state index in [4.69, 9.17) is 10.5 Å². The highest BCUT2D eigenvalue weighted by atomic mass is 16.4. The molecule has 0 fully saturated rings. The SMILES string of the molecule is N=CCC(C=O)C(=O)O. The molecule has 0 saturated heterocycles. The Balaban J connectivity index is 3.81. The van der Waals surface area contributed by atoms with Crippen LogP contribution >= 0.6 is 0 Å². The van der Waals surface area contributed by atoms with Gasteiger partial charge in [-0.1, -0.05) is 0 Å². The van der Waals surface area contributed by atoms with Crippen LogP contribution in [0.5, 0.6) is 0 Å². The maximum absolute atomic E-state index is 9.99. The van der Waals surface area contributed by atoms with E-state index in [1.54, 1.807) is 0 Å². The third-order valence-corrected chi connectivity index (χ3v) is 0.853. The molecule has 0 heterocycles. The van der Waals surface area contributed by atoms with Gasteiger partial charge >= 0.3 is 5.97 Å². The molecule has 0 amide bonds. The minimum Gasteiger partial charge on any atom is -0.481 e. The lowest BCUT2D eigenvalue weighted by atomic mass is 10.1. The third kappa shape index (κ3) is 2.58. The first-order chi connectivity index (χ1) is 4.22. The molecule has 0 aromatic heterocycles. The minimum absolute atomic E-state index is 0.0150. The van der Waals surface area contributed by atoms with Crippen LogP contribution in [0.25, 0.3) is 0 Å². The summed E-state index contributed by atoms with van der Waals surface area (Å²) >= 11 is 0. The number of aliphatic carboxylic acids is 1. The Morgan fingerprint density at radius 3 is 2.44 bits per heavy atom. The van der Waals surface area contributed by atoms with Crippen LogP contribution < -0.4 is 0 Å². The van der Waals surface area contributed by atoms with Gasteiger partial charge in [-0.15, -0.1) is 0 Å². The molecule has 0 bridgehead atoms. The van der Waals surface area contributed by atoms with Crippen LogP contribution in [0.1, 0.15) is 6.42 Å². The van der Waals surface area contributed by atoms with Crippen LogP contribution in [-0.2, 0) is 9.59 Å². The summed E-state index contributed by atoms with van der Waals surface area (Å²) < 4.78 is 0. The number of hydrogen-bond donors (Lipinski definition) is 2. The Hall–Kier alpha value is -1.19. The van der Waals surface area contributed by atoms with Gasteiger partial charge in [0.05, 0.1) is 0 Å². The zero-order chi connectivity index (χ0) is 7.28. The average Bonchev–Trinajstić information content (AvgIpc) is 1.82. The number of carbonyl (C=O) groups is 2. The van der Waals surface area contributed by atoms with Crippen molar-refractivity contribution >= 4 is 18.5 Å². The fourth-order valence-corrected chi connectivity index (χ4v) is 0.342. The lowest BCUT2D eigenvalue weighted by molar-refractivity contribution is -0.143. The van der Waals surface area contributed by atoms with Gasteiger partial charge in [0.25, 0.3) is 0 Å². The number of hydrogen-bond acceptors (Lipinski definition) is 3. The molecule has 50 valence electrons. The van der Waals surface area contributed by atoms with E-state index < -0.39 is 11.9 Å². The molecule has 0 aromatic rings. The number of carbonyl (C=O) groups excluding carboxylic acids is 1. The maximum Gasteiger partial charge on any atom is 0.314 e. The van der Waals surface area contributed by atoms with Gasteiger partial charge in [-0.25, -0.2) is 0 Å². The summed E-state index contributed by atoms with van der Waals surface area (Å²) in [6, 6.07) is 0. The van der Waals surface area contributed by atoms with Gasteiger partial charge in [-0.05, 0) is 6.21 Å². The standard InChI is InChI=1S/C5H7NO3/c6-2-1-4(3-7)5(8)9/h2-4,6H,1H2,(H,8,9).